The maximum absolute atomic E-state index is 13.3. The molecule has 182 valence electrons. The van der Waals surface area contributed by atoms with Crippen LogP contribution in [0.25, 0.3) is 16.6 Å². The maximum atomic E-state index is 13.3. The van der Waals surface area contributed by atoms with E-state index in [2.05, 4.69) is 33.2 Å². The lowest BCUT2D eigenvalue weighted by Gasteiger charge is -2.28. The van der Waals surface area contributed by atoms with Crippen molar-refractivity contribution in [1.29, 1.82) is 0 Å². The van der Waals surface area contributed by atoms with Crippen LogP contribution in [0.3, 0.4) is 0 Å². The van der Waals surface area contributed by atoms with Crippen LogP contribution in [-0.2, 0) is 16.1 Å². The Hall–Kier alpha value is -3.84. The molecule has 0 saturated carbocycles. The molecular weight excluding hydrogens is 440 g/mol. The number of aliphatic hydroxyl groups is 1. The van der Waals surface area contributed by atoms with Gasteiger partial charge in [-0.25, -0.2) is 4.98 Å². The molecule has 3 aromatic rings. The van der Waals surface area contributed by atoms with Crippen LogP contribution >= 0.6 is 0 Å². The van der Waals surface area contributed by atoms with Gasteiger partial charge in [-0.2, -0.15) is 0 Å². The molecule has 0 fully saturated rings. The third-order valence-electron chi connectivity index (χ3n) is 6.17. The number of H-pyrrole nitrogens is 1. The van der Waals surface area contributed by atoms with E-state index >= 15 is 0 Å². The lowest BCUT2D eigenvalue weighted by atomic mass is 10.1. The number of carbonyl (C=O) groups excluding carboxylic acids is 1. The molecule has 3 heterocycles. The third kappa shape index (κ3) is 6.00. The van der Waals surface area contributed by atoms with Crippen LogP contribution in [0.2, 0.25) is 0 Å². The molecule has 0 aliphatic carbocycles. The average molecular weight is 473 g/mol. The third-order valence-corrected chi connectivity index (χ3v) is 6.17. The number of fused-ring (bicyclic) bond motifs is 1. The number of aromatic amines is 1. The minimum Gasteiger partial charge on any atom is -0.497 e. The second-order valence-corrected chi connectivity index (χ2v) is 8.50. The second-order valence-electron chi connectivity index (χ2n) is 8.50. The summed E-state index contributed by atoms with van der Waals surface area (Å²) in [5.74, 6) is 0.737. The van der Waals surface area contributed by atoms with Crippen molar-refractivity contribution in [3.63, 3.8) is 0 Å². The number of methoxy groups -OCH3 is 1. The van der Waals surface area contributed by atoms with Crippen LogP contribution in [0.15, 0.2) is 84.9 Å². The lowest BCUT2D eigenvalue weighted by Crippen LogP contribution is -2.41. The summed E-state index contributed by atoms with van der Waals surface area (Å²) in [6, 6.07) is 15.9. The smallest absolute Gasteiger partial charge is 0.242 e. The van der Waals surface area contributed by atoms with Crippen molar-refractivity contribution in [3.05, 3.63) is 96.2 Å². The number of ether oxygens (including phenoxy) is 1. The summed E-state index contributed by atoms with van der Waals surface area (Å²) >= 11 is 0. The standard InChI is InChI=1S/C28H32N4O3/c1-3-25(35-2)12-11-24-16-23(26-17-22-10-7-13-29-28(22)30-26)19-32(24)20-27(34)31(14-15-33)18-21-8-5-4-6-9-21/h3-13,17,19,24,33H,14-16,18,20H2,1-2H3,(H,29,30)/b12-11-,25-3+. The van der Waals surface area contributed by atoms with E-state index in [-0.39, 0.29) is 25.1 Å². The highest BCUT2D eigenvalue weighted by molar-refractivity contribution is 5.83. The first kappa shape index (κ1) is 24.3. The van der Waals surface area contributed by atoms with Gasteiger partial charge in [-0.3, -0.25) is 4.79 Å². The fourth-order valence-corrected chi connectivity index (χ4v) is 4.30. The summed E-state index contributed by atoms with van der Waals surface area (Å²) in [6.45, 7) is 2.81. The van der Waals surface area contributed by atoms with Crippen LogP contribution in [-0.4, -0.2) is 63.6 Å². The van der Waals surface area contributed by atoms with E-state index in [9.17, 15) is 9.90 Å². The van der Waals surface area contributed by atoms with E-state index in [0.29, 0.717) is 13.1 Å². The number of hydrogen-bond donors (Lipinski definition) is 2. The topological polar surface area (TPSA) is 81.7 Å². The van der Waals surface area contributed by atoms with Crippen molar-refractivity contribution in [2.45, 2.75) is 25.9 Å². The Morgan fingerprint density at radius 1 is 1.29 bits per heavy atom. The maximum Gasteiger partial charge on any atom is 0.242 e. The number of allylic oxidation sites excluding steroid dienone is 2. The molecule has 0 spiro atoms. The van der Waals surface area contributed by atoms with Crippen LogP contribution < -0.4 is 0 Å². The zero-order valence-electron chi connectivity index (χ0n) is 20.2. The van der Waals surface area contributed by atoms with Crippen molar-refractivity contribution in [3.8, 4) is 0 Å². The number of hydrogen-bond acceptors (Lipinski definition) is 5. The molecule has 2 aromatic heterocycles. The van der Waals surface area contributed by atoms with Crippen LogP contribution in [0, 0.1) is 0 Å². The molecule has 2 N–H and O–H groups in total. The fraction of sp³-hybridized carbons (Fsp3) is 0.286. The number of pyridine rings is 1. The van der Waals surface area contributed by atoms with Gasteiger partial charge >= 0.3 is 0 Å². The van der Waals surface area contributed by atoms with Gasteiger partial charge in [0.15, 0.2) is 0 Å². The first-order chi connectivity index (χ1) is 17.1. The van der Waals surface area contributed by atoms with E-state index in [1.54, 1.807) is 18.2 Å². The van der Waals surface area contributed by atoms with Gasteiger partial charge in [0.25, 0.3) is 0 Å². The number of benzene rings is 1. The highest BCUT2D eigenvalue weighted by atomic mass is 16.5. The average Bonchev–Trinajstić information content (AvgIpc) is 3.49. The van der Waals surface area contributed by atoms with Crippen LogP contribution in [0.4, 0.5) is 0 Å². The summed E-state index contributed by atoms with van der Waals surface area (Å²) in [6.07, 6.45) is 10.5. The first-order valence-corrected chi connectivity index (χ1v) is 11.8. The number of amides is 1. The van der Waals surface area contributed by atoms with E-state index in [4.69, 9.17) is 4.74 Å². The molecule has 1 aliphatic heterocycles. The van der Waals surface area contributed by atoms with E-state index in [0.717, 1.165) is 40.0 Å². The zero-order valence-corrected chi connectivity index (χ0v) is 20.2. The molecule has 0 radical (unpaired) electrons. The molecule has 1 atom stereocenters. The van der Waals surface area contributed by atoms with E-state index in [1.807, 2.05) is 61.5 Å². The van der Waals surface area contributed by atoms with Crippen molar-refractivity contribution in [1.82, 2.24) is 19.8 Å². The second kappa shape index (κ2) is 11.5. The van der Waals surface area contributed by atoms with Gasteiger partial charge in [-0.15, -0.1) is 0 Å². The SMILES string of the molecule is C/C=C(\C=C/C1CC(c2cc3cccnc3[nH]2)=CN1CC(=O)N(CCO)Cc1ccccc1)OC. The molecule has 4 rings (SSSR count). The Labute approximate surface area is 206 Å². The Balaban J connectivity index is 1.57. The minimum absolute atomic E-state index is 0.00822. The van der Waals surface area contributed by atoms with Gasteiger partial charge in [-0.05, 0) is 54.8 Å². The molecule has 0 bridgehead atoms. The van der Waals surface area contributed by atoms with Gasteiger partial charge in [0.1, 0.15) is 11.4 Å². The molecule has 1 aromatic carbocycles. The first-order valence-electron chi connectivity index (χ1n) is 11.8. The molecular formula is C28H32N4O3. The molecule has 1 amide bonds. The minimum atomic E-state index is -0.0798. The van der Waals surface area contributed by atoms with Crippen LogP contribution in [0.1, 0.15) is 24.6 Å². The number of aliphatic hydroxyl groups excluding tert-OH is 1. The van der Waals surface area contributed by atoms with Gasteiger partial charge in [0, 0.05) is 36.6 Å². The van der Waals surface area contributed by atoms with Crippen LogP contribution in [0.5, 0.6) is 0 Å². The molecule has 1 aliphatic rings. The normalized spacial score (nSPS) is 16.2. The monoisotopic (exact) mass is 472 g/mol. The molecule has 35 heavy (non-hydrogen) atoms. The Kier molecular flexibility index (Phi) is 8.00. The predicted octanol–water partition coefficient (Wildman–Crippen LogP) is 4.11. The highest BCUT2D eigenvalue weighted by Gasteiger charge is 2.27. The number of aromatic nitrogens is 2. The van der Waals surface area contributed by atoms with Crippen molar-refractivity contribution in [2.24, 2.45) is 0 Å². The Morgan fingerprint density at radius 3 is 2.83 bits per heavy atom. The molecule has 7 heteroatoms. The van der Waals surface area contributed by atoms with Crippen molar-refractivity contribution >= 4 is 22.5 Å². The quantitative estimate of drug-likeness (QED) is 0.343. The largest absolute Gasteiger partial charge is 0.497 e. The van der Waals surface area contributed by atoms with E-state index in [1.165, 1.54) is 0 Å². The van der Waals surface area contributed by atoms with Crippen molar-refractivity contribution in [2.75, 3.05) is 26.8 Å². The van der Waals surface area contributed by atoms with Gasteiger partial charge in [0.05, 0.1) is 26.3 Å². The highest BCUT2D eigenvalue weighted by Crippen LogP contribution is 2.31. The van der Waals surface area contributed by atoms with Gasteiger partial charge in [-0.1, -0.05) is 36.4 Å². The summed E-state index contributed by atoms with van der Waals surface area (Å²) in [4.78, 5) is 24.9. The Bertz CT molecular complexity index is 1200. The number of nitrogens with one attached hydrogen (secondary N) is 1. The summed E-state index contributed by atoms with van der Waals surface area (Å²) in [7, 11) is 1.65. The zero-order chi connectivity index (χ0) is 24.6. The summed E-state index contributed by atoms with van der Waals surface area (Å²) < 4.78 is 5.38. The lowest BCUT2D eigenvalue weighted by molar-refractivity contribution is -0.133. The summed E-state index contributed by atoms with van der Waals surface area (Å²) in [5, 5.41) is 10.6. The molecule has 7 nitrogen and oxygen atoms in total. The fourth-order valence-electron chi connectivity index (χ4n) is 4.30. The number of rotatable bonds is 10. The molecule has 0 saturated heterocycles. The van der Waals surface area contributed by atoms with Crippen molar-refractivity contribution < 1.29 is 14.6 Å². The van der Waals surface area contributed by atoms with E-state index < -0.39 is 0 Å². The predicted molar refractivity (Wildman–Crippen MR) is 138 cm³/mol. The number of carbonyl (C=O) groups is 1. The molecule has 1 unspecified atom stereocenters. The Morgan fingerprint density at radius 2 is 2.11 bits per heavy atom. The number of nitrogens with zero attached hydrogens (tertiary/aromatic N) is 3. The summed E-state index contributed by atoms with van der Waals surface area (Å²) in [5.41, 5.74) is 3.99. The van der Waals surface area contributed by atoms with Gasteiger partial charge in [0.2, 0.25) is 5.91 Å². The van der Waals surface area contributed by atoms with Gasteiger partial charge < -0.3 is 24.6 Å².